The van der Waals surface area contributed by atoms with Crippen LogP contribution in [0.2, 0.25) is 10.0 Å². The van der Waals surface area contributed by atoms with Crippen LogP contribution in [-0.2, 0) is 9.53 Å². The maximum atomic E-state index is 13.6. The van der Waals surface area contributed by atoms with Crippen LogP contribution in [0.4, 0.5) is 37.3 Å². The van der Waals surface area contributed by atoms with E-state index in [0.29, 0.717) is 82.0 Å². The van der Waals surface area contributed by atoms with Crippen LogP contribution in [-0.4, -0.2) is 104 Å². The minimum Gasteiger partial charge on any atom is -0.493 e. The maximum Gasteiger partial charge on any atom is 0.248 e. The lowest BCUT2D eigenvalue weighted by Crippen LogP contribution is -2.37. The number of rotatable bonds is 16. The molecule has 0 saturated carbocycles. The van der Waals surface area contributed by atoms with Gasteiger partial charge in [0.15, 0.2) is 11.5 Å². The van der Waals surface area contributed by atoms with Crippen LogP contribution in [0.3, 0.4) is 0 Å². The smallest absolute Gasteiger partial charge is 0.248 e. The number of benzene rings is 4. The van der Waals surface area contributed by atoms with Gasteiger partial charge in [0.05, 0.1) is 71.6 Å². The van der Waals surface area contributed by atoms with Gasteiger partial charge in [-0.25, -0.2) is 18.7 Å². The van der Waals surface area contributed by atoms with Crippen molar-refractivity contribution in [3.8, 4) is 23.3 Å². The molecule has 0 atom stereocenters. The number of methoxy groups -OCH3 is 1. The molecule has 0 radical (unpaired) electrons. The normalized spacial score (nSPS) is 12.8. The summed E-state index contributed by atoms with van der Waals surface area (Å²) in [7, 11) is 5.41. The molecule has 4 aromatic carbocycles. The summed E-state index contributed by atoms with van der Waals surface area (Å²) in [4.78, 5) is 29.8. The Morgan fingerprint density at radius 2 is 1.59 bits per heavy atom. The van der Waals surface area contributed by atoms with Gasteiger partial charge in [0.1, 0.15) is 35.6 Å². The summed E-state index contributed by atoms with van der Waals surface area (Å²) in [5.74, 6) is 0.899. The summed E-state index contributed by atoms with van der Waals surface area (Å²) in [6, 6.07) is 17.8. The van der Waals surface area contributed by atoms with Crippen molar-refractivity contribution < 1.29 is 32.5 Å². The van der Waals surface area contributed by atoms with E-state index in [1.165, 1.54) is 48.9 Å². The van der Waals surface area contributed by atoms with E-state index >= 15 is 0 Å². The van der Waals surface area contributed by atoms with Gasteiger partial charge >= 0.3 is 0 Å². The van der Waals surface area contributed by atoms with E-state index in [0.717, 1.165) is 44.7 Å². The number of amides is 1. The average molecular weight is 915 g/mol. The van der Waals surface area contributed by atoms with Gasteiger partial charge in [-0.05, 0) is 76.0 Å². The van der Waals surface area contributed by atoms with Crippen LogP contribution in [0.5, 0.6) is 17.2 Å². The van der Waals surface area contributed by atoms with Gasteiger partial charge in [-0.2, -0.15) is 5.26 Å². The first-order chi connectivity index (χ1) is 31.0. The molecular weight excluding hydrogens is 867 g/mol. The first-order valence-corrected chi connectivity index (χ1v) is 21.0. The van der Waals surface area contributed by atoms with Crippen molar-refractivity contribution in [1.29, 1.82) is 5.26 Å². The standard InChI is InChI=1S/C24H23ClFN5O2.C22H24ClFN4O3/c1-4-33-22-12-20-17(11-21(22)30-23(32)6-5-9-31(2)3)24(15(13-27)14-28-20)29-16-7-8-19(26)18(25)10-16;1-29-20-13-19-16(12-21(20)31-8-2-5-28-6-9-30-10-7-28)22(26-14-25-19)27-15-3-4-18(24)17(23)11-15/h5-8,10-12,14H,4,9H2,1-3H3,(H,28,29)(H,30,32);3-4,11-14H,2,5-10H2,1H3,(H,25,26,27)/b6-5+;. The van der Waals surface area contributed by atoms with Crippen molar-refractivity contribution in [2.75, 3.05) is 89.8 Å². The van der Waals surface area contributed by atoms with E-state index in [1.54, 1.807) is 31.4 Å². The second-order valence-corrected chi connectivity index (χ2v) is 15.3. The fourth-order valence-corrected chi connectivity index (χ4v) is 6.88. The summed E-state index contributed by atoms with van der Waals surface area (Å²) in [6.45, 7) is 7.85. The van der Waals surface area contributed by atoms with Gasteiger partial charge in [0.2, 0.25) is 5.91 Å². The molecule has 14 nitrogen and oxygen atoms in total. The maximum absolute atomic E-state index is 13.6. The second kappa shape index (κ2) is 22.8. The van der Waals surface area contributed by atoms with Crippen LogP contribution >= 0.6 is 23.2 Å². The predicted octanol–water partition coefficient (Wildman–Crippen LogP) is 9.37. The van der Waals surface area contributed by atoms with Crippen molar-refractivity contribution in [2.24, 2.45) is 0 Å². The molecule has 1 fully saturated rings. The average Bonchev–Trinajstić information content (AvgIpc) is 3.28. The Hall–Kier alpha value is -6.35. The van der Waals surface area contributed by atoms with Crippen molar-refractivity contribution in [2.45, 2.75) is 13.3 Å². The number of likely N-dealkylation sites (N-methyl/N-ethyl adjacent to an activating group) is 1. The van der Waals surface area contributed by atoms with Crippen LogP contribution in [0, 0.1) is 23.0 Å². The fraction of sp³-hybridized carbons (Fsp3) is 0.283. The van der Waals surface area contributed by atoms with Crippen molar-refractivity contribution in [3.63, 3.8) is 0 Å². The molecular formula is C46H47Cl2F2N9O5. The molecule has 3 heterocycles. The number of ether oxygens (including phenoxy) is 4. The Bertz CT molecular complexity index is 2660. The minimum absolute atomic E-state index is 0.0364. The van der Waals surface area contributed by atoms with Crippen molar-refractivity contribution in [1.82, 2.24) is 24.8 Å². The molecule has 0 aliphatic carbocycles. The van der Waals surface area contributed by atoms with Gasteiger partial charge in [-0.15, -0.1) is 0 Å². The first-order valence-electron chi connectivity index (χ1n) is 20.3. The Balaban J connectivity index is 0.000000213. The zero-order chi connectivity index (χ0) is 45.6. The van der Waals surface area contributed by atoms with E-state index in [4.69, 9.17) is 42.1 Å². The zero-order valence-corrected chi connectivity index (χ0v) is 37.2. The molecule has 0 bridgehead atoms. The highest BCUT2D eigenvalue weighted by molar-refractivity contribution is 6.31. The lowest BCUT2D eigenvalue weighted by atomic mass is 10.1. The quantitative estimate of drug-likeness (QED) is 0.0624. The highest BCUT2D eigenvalue weighted by Crippen LogP contribution is 2.38. The van der Waals surface area contributed by atoms with E-state index < -0.39 is 11.6 Å². The number of aromatic nitrogens is 3. The van der Waals surface area contributed by atoms with Gasteiger partial charge in [0, 0.05) is 72.7 Å². The molecule has 18 heteroatoms. The molecule has 6 aromatic rings. The Morgan fingerprint density at radius 3 is 2.25 bits per heavy atom. The number of anilines is 5. The summed E-state index contributed by atoms with van der Waals surface area (Å²) in [6.07, 6.45) is 6.98. The number of fused-ring (bicyclic) bond motifs is 2. The number of hydrogen-bond acceptors (Lipinski definition) is 13. The fourth-order valence-electron chi connectivity index (χ4n) is 6.52. The van der Waals surface area contributed by atoms with Gasteiger partial charge in [0.25, 0.3) is 0 Å². The second-order valence-electron chi connectivity index (χ2n) is 14.5. The summed E-state index contributed by atoms with van der Waals surface area (Å²) in [5, 5.41) is 20.1. The van der Waals surface area contributed by atoms with Gasteiger partial charge in [-0.1, -0.05) is 29.3 Å². The third-order valence-corrected chi connectivity index (χ3v) is 10.2. The van der Waals surface area contributed by atoms with E-state index in [-0.39, 0.29) is 21.5 Å². The first kappa shape index (κ1) is 47.1. The molecule has 64 heavy (non-hydrogen) atoms. The molecule has 1 aliphatic rings. The van der Waals surface area contributed by atoms with Crippen molar-refractivity contribution in [3.05, 3.63) is 113 Å². The molecule has 2 aromatic heterocycles. The number of carbonyl (C=O) groups excluding carboxylic acids is 1. The monoisotopic (exact) mass is 913 g/mol. The van der Waals surface area contributed by atoms with E-state index in [1.807, 2.05) is 38.1 Å². The Labute approximate surface area is 379 Å². The van der Waals surface area contributed by atoms with Gasteiger partial charge in [-0.3, -0.25) is 14.7 Å². The van der Waals surface area contributed by atoms with Gasteiger partial charge < -0.3 is 39.8 Å². The van der Waals surface area contributed by atoms with Crippen molar-refractivity contribution >= 4 is 79.5 Å². The molecule has 334 valence electrons. The molecule has 1 saturated heterocycles. The Morgan fingerprint density at radius 1 is 0.906 bits per heavy atom. The number of pyridine rings is 1. The number of hydrogen-bond donors (Lipinski definition) is 3. The molecule has 0 spiro atoms. The molecule has 0 unspecified atom stereocenters. The van der Waals surface area contributed by atoms with Crippen LogP contribution in [0.1, 0.15) is 18.9 Å². The summed E-state index contributed by atoms with van der Waals surface area (Å²) >= 11 is 11.8. The SMILES string of the molecule is CCOc1cc2ncc(C#N)c(Nc3ccc(F)c(Cl)c3)c2cc1NC(=O)/C=C/CN(C)C.COc1cc2ncnc(Nc3ccc(F)c(Cl)c3)c2cc1OCCCN1CCOCC1. The minimum atomic E-state index is -0.545. The number of morpholine rings is 1. The molecule has 1 amide bonds. The molecule has 1 aliphatic heterocycles. The number of nitrogens with one attached hydrogen (secondary N) is 3. The van der Waals surface area contributed by atoms with Crippen LogP contribution in [0.15, 0.2) is 85.3 Å². The predicted molar refractivity (Wildman–Crippen MR) is 247 cm³/mol. The summed E-state index contributed by atoms with van der Waals surface area (Å²) in [5.41, 5.74) is 3.52. The molecule has 7 rings (SSSR count). The third kappa shape index (κ3) is 12.6. The third-order valence-electron chi connectivity index (χ3n) is 9.66. The lowest BCUT2D eigenvalue weighted by molar-refractivity contribution is -0.111. The zero-order valence-electron chi connectivity index (χ0n) is 35.7. The highest BCUT2D eigenvalue weighted by atomic mass is 35.5. The van der Waals surface area contributed by atoms with Crippen LogP contribution < -0.4 is 30.2 Å². The number of nitriles is 1. The number of halogens is 4. The highest BCUT2D eigenvalue weighted by Gasteiger charge is 2.17. The number of nitrogens with zero attached hydrogens (tertiary/aromatic N) is 6. The molecule has 3 N–H and O–H groups in total. The largest absolute Gasteiger partial charge is 0.493 e. The van der Waals surface area contributed by atoms with Crippen LogP contribution in [0.25, 0.3) is 21.8 Å². The summed E-state index contributed by atoms with van der Waals surface area (Å²) < 4.78 is 49.7. The number of carbonyl (C=O) groups is 1. The van der Waals surface area contributed by atoms with E-state index in [9.17, 15) is 18.8 Å². The Kier molecular flexibility index (Phi) is 16.8. The lowest BCUT2D eigenvalue weighted by Gasteiger charge is -2.26. The topological polar surface area (TPSA) is 159 Å². The van der Waals surface area contributed by atoms with E-state index in [2.05, 4.69) is 41.9 Å².